The van der Waals surface area contributed by atoms with Crippen molar-refractivity contribution in [3.8, 4) is 11.5 Å². The summed E-state index contributed by atoms with van der Waals surface area (Å²) in [5.74, 6) is 1.26. The number of ether oxygens (including phenoxy) is 3. The van der Waals surface area contributed by atoms with E-state index in [1.807, 2.05) is 12.1 Å². The molecule has 0 fully saturated rings. The number of nitrogens with one attached hydrogen (secondary N) is 2. The van der Waals surface area contributed by atoms with Crippen LogP contribution in [-0.2, 0) is 11.2 Å². The van der Waals surface area contributed by atoms with Crippen molar-refractivity contribution in [2.45, 2.75) is 12.8 Å². The molecule has 0 saturated heterocycles. The normalized spacial score (nSPS) is 12.8. The van der Waals surface area contributed by atoms with E-state index in [1.54, 1.807) is 7.11 Å². The van der Waals surface area contributed by atoms with Gasteiger partial charge >= 0.3 is 6.03 Å². The van der Waals surface area contributed by atoms with Crippen molar-refractivity contribution in [1.29, 1.82) is 0 Å². The number of benzene rings is 1. The van der Waals surface area contributed by atoms with Gasteiger partial charge in [-0.15, -0.1) is 0 Å². The number of amides is 2. The lowest BCUT2D eigenvalue weighted by atomic mass is 10.1. The average Bonchev–Trinajstić information content (AvgIpc) is 2.52. The molecule has 0 spiro atoms. The van der Waals surface area contributed by atoms with Crippen LogP contribution in [0.4, 0.5) is 4.79 Å². The minimum atomic E-state index is -0.181. The number of halogens is 1. The number of methoxy groups -OCH3 is 1. The van der Waals surface area contributed by atoms with Gasteiger partial charge in [-0.2, -0.15) is 0 Å². The van der Waals surface area contributed by atoms with E-state index in [2.05, 4.69) is 10.6 Å². The number of urea groups is 1. The third-order valence-corrected chi connectivity index (χ3v) is 3.45. The highest BCUT2D eigenvalue weighted by atomic mass is 35.5. The summed E-state index contributed by atoms with van der Waals surface area (Å²) in [5.41, 5.74) is 0.994. The molecule has 7 heteroatoms. The number of fused-ring (bicyclic) bond motifs is 1. The smallest absolute Gasteiger partial charge is 0.314 e. The molecule has 0 bridgehead atoms. The molecule has 1 heterocycles. The fourth-order valence-corrected chi connectivity index (χ4v) is 2.40. The van der Waals surface area contributed by atoms with Gasteiger partial charge in [0.05, 0.1) is 5.02 Å². The zero-order chi connectivity index (χ0) is 15.8. The van der Waals surface area contributed by atoms with Crippen LogP contribution in [0.3, 0.4) is 0 Å². The minimum absolute atomic E-state index is 0.181. The lowest BCUT2D eigenvalue weighted by Crippen LogP contribution is -2.37. The Balaban J connectivity index is 1.75. The first-order valence-electron chi connectivity index (χ1n) is 7.29. The highest BCUT2D eigenvalue weighted by Crippen LogP contribution is 2.38. The second-order valence-electron chi connectivity index (χ2n) is 4.88. The second kappa shape index (κ2) is 8.70. The SMILES string of the molecule is COCCCNC(=O)NCCc1cc(Cl)c2c(c1)OCCO2. The molecule has 0 unspecified atom stereocenters. The Hall–Kier alpha value is -1.66. The Kier molecular flexibility index (Phi) is 6.61. The molecule has 1 aromatic carbocycles. The van der Waals surface area contributed by atoms with Crippen molar-refractivity contribution in [3.05, 3.63) is 22.7 Å². The number of rotatable bonds is 7. The highest BCUT2D eigenvalue weighted by molar-refractivity contribution is 6.32. The standard InChI is InChI=1S/C15H21ClN2O4/c1-20-6-2-4-17-15(19)18-5-3-11-9-12(16)14-13(10-11)21-7-8-22-14/h9-10H,2-8H2,1H3,(H2,17,18,19). The molecule has 2 amide bonds. The van der Waals surface area contributed by atoms with E-state index >= 15 is 0 Å². The van der Waals surface area contributed by atoms with Crippen molar-refractivity contribution in [1.82, 2.24) is 10.6 Å². The molecule has 2 rings (SSSR count). The molecule has 0 atom stereocenters. The Bertz CT molecular complexity index is 511. The molecule has 0 saturated carbocycles. The Morgan fingerprint density at radius 3 is 2.86 bits per heavy atom. The summed E-state index contributed by atoms with van der Waals surface area (Å²) in [4.78, 5) is 11.6. The van der Waals surface area contributed by atoms with Crippen LogP contribution in [0, 0.1) is 0 Å². The van der Waals surface area contributed by atoms with E-state index in [9.17, 15) is 4.79 Å². The predicted octanol–water partition coefficient (Wildman–Crippen LogP) is 1.99. The van der Waals surface area contributed by atoms with Gasteiger partial charge in [-0.05, 0) is 30.5 Å². The van der Waals surface area contributed by atoms with Crippen LogP contribution < -0.4 is 20.1 Å². The average molecular weight is 329 g/mol. The van der Waals surface area contributed by atoms with Gasteiger partial charge in [0.1, 0.15) is 13.2 Å². The van der Waals surface area contributed by atoms with E-state index in [0.717, 1.165) is 12.0 Å². The molecule has 0 aromatic heterocycles. The zero-order valence-corrected chi connectivity index (χ0v) is 13.4. The molecule has 2 N–H and O–H groups in total. The third-order valence-electron chi connectivity index (χ3n) is 3.17. The predicted molar refractivity (Wildman–Crippen MR) is 84.0 cm³/mol. The number of hydrogen-bond donors (Lipinski definition) is 2. The van der Waals surface area contributed by atoms with Crippen LogP contribution in [0.5, 0.6) is 11.5 Å². The molecule has 6 nitrogen and oxygen atoms in total. The lowest BCUT2D eigenvalue weighted by molar-refractivity contribution is 0.171. The zero-order valence-electron chi connectivity index (χ0n) is 12.6. The summed E-state index contributed by atoms with van der Waals surface area (Å²) in [7, 11) is 1.64. The molecule has 1 aromatic rings. The van der Waals surface area contributed by atoms with Gasteiger partial charge in [0.15, 0.2) is 11.5 Å². The van der Waals surface area contributed by atoms with Gasteiger partial charge in [0.2, 0.25) is 0 Å². The largest absolute Gasteiger partial charge is 0.486 e. The number of carbonyl (C=O) groups is 1. The number of hydrogen-bond acceptors (Lipinski definition) is 4. The van der Waals surface area contributed by atoms with Crippen molar-refractivity contribution >= 4 is 17.6 Å². The summed E-state index contributed by atoms with van der Waals surface area (Å²) in [5, 5.41) is 6.10. The van der Waals surface area contributed by atoms with E-state index < -0.39 is 0 Å². The second-order valence-corrected chi connectivity index (χ2v) is 5.29. The third kappa shape index (κ3) is 4.96. The van der Waals surface area contributed by atoms with E-state index in [-0.39, 0.29) is 6.03 Å². The summed E-state index contributed by atoms with van der Waals surface area (Å²) in [6.45, 7) is 2.78. The van der Waals surface area contributed by atoms with Gasteiger partial charge in [0, 0.05) is 26.8 Å². The van der Waals surface area contributed by atoms with Crippen LogP contribution in [0.25, 0.3) is 0 Å². The molecular weight excluding hydrogens is 308 g/mol. The maximum Gasteiger partial charge on any atom is 0.314 e. The molecule has 1 aliphatic heterocycles. The first-order valence-corrected chi connectivity index (χ1v) is 7.67. The van der Waals surface area contributed by atoms with Crippen molar-refractivity contribution in [3.63, 3.8) is 0 Å². The number of carbonyl (C=O) groups excluding carboxylic acids is 1. The fourth-order valence-electron chi connectivity index (χ4n) is 2.11. The minimum Gasteiger partial charge on any atom is -0.486 e. The molecule has 22 heavy (non-hydrogen) atoms. The van der Waals surface area contributed by atoms with Crippen LogP contribution in [0.1, 0.15) is 12.0 Å². The van der Waals surface area contributed by atoms with Gasteiger partial charge in [-0.1, -0.05) is 11.6 Å². The Morgan fingerprint density at radius 2 is 2.05 bits per heavy atom. The molecule has 0 radical (unpaired) electrons. The summed E-state index contributed by atoms with van der Waals surface area (Å²) >= 11 is 6.17. The molecule has 0 aliphatic carbocycles. The maximum absolute atomic E-state index is 11.6. The van der Waals surface area contributed by atoms with Crippen molar-refractivity contribution in [2.75, 3.05) is 40.0 Å². The van der Waals surface area contributed by atoms with Crippen molar-refractivity contribution < 1.29 is 19.0 Å². The van der Waals surface area contributed by atoms with Gasteiger partial charge < -0.3 is 24.8 Å². The topological polar surface area (TPSA) is 68.8 Å². The quantitative estimate of drug-likeness (QED) is 0.751. The summed E-state index contributed by atoms with van der Waals surface area (Å²) in [6, 6.07) is 3.56. The molecular formula is C15H21ClN2O4. The first kappa shape index (κ1) is 16.7. The monoisotopic (exact) mass is 328 g/mol. The van der Waals surface area contributed by atoms with Crippen LogP contribution in [0.2, 0.25) is 5.02 Å². The highest BCUT2D eigenvalue weighted by Gasteiger charge is 2.16. The van der Waals surface area contributed by atoms with Gasteiger partial charge in [-0.25, -0.2) is 4.79 Å². The van der Waals surface area contributed by atoms with Crippen molar-refractivity contribution in [2.24, 2.45) is 0 Å². The van der Waals surface area contributed by atoms with Gasteiger partial charge in [-0.3, -0.25) is 0 Å². The van der Waals surface area contributed by atoms with Crippen LogP contribution >= 0.6 is 11.6 Å². The summed E-state index contributed by atoms with van der Waals surface area (Å²) < 4.78 is 15.9. The van der Waals surface area contributed by atoms with Crippen LogP contribution in [-0.4, -0.2) is 46.1 Å². The molecule has 122 valence electrons. The first-order chi connectivity index (χ1) is 10.7. The van der Waals surface area contributed by atoms with E-state index in [1.165, 1.54) is 0 Å². The Labute approximate surface area is 135 Å². The fraction of sp³-hybridized carbons (Fsp3) is 0.533. The van der Waals surface area contributed by atoms with E-state index in [0.29, 0.717) is 55.9 Å². The van der Waals surface area contributed by atoms with Crippen LogP contribution in [0.15, 0.2) is 12.1 Å². The lowest BCUT2D eigenvalue weighted by Gasteiger charge is -2.20. The van der Waals surface area contributed by atoms with Gasteiger partial charge in [0.25, 0.3) is 0 Å². The summed E-state index contributed by atoms with van der Waals surface area (Å²) in [6.07, 6.45) is 1.46. The molecule has 1 aliphatic rings. The maximum atomic E-state index is 11.6. The van der Waals surface area contributed by atoms with E-state index in [4.69, 9.17) is 25.8 Å². The Morgan fingerprint density at radius 1 is 1.27 bits per heavy atom.